The average Bonchev–Trinajstić information content (AvgIpc) is 2.54. The van der Waals surface area contributed by atoms with Gasteiger partial charge in [-0.1, -0.05) is 24.3 Å². The highest BCUT2D eigenvalue weighted by Gasteiger charge is 2.07. The normalized spacial score (nSPS) is 10.0. The molecule has 0 aliphatic rings. The molecular weight excluding hydrogens is 268 g/mol. The number of amides is 1. The van der Waals surface area contributed by atoms with E-state index in [1.807, 2.05) is 48.5 Å². The first-order chi connectivity index (χ1) is 10.2. The molecule has 0 fully saturated rings. The van der Waals surface area contributed by atoms with E-state index < -0.39 is 0 Å². The predicted molar refractivity (Wildman–Crippen MR) is 79.8 cm³/mol. The Labute approximate surface area is 123 Å². The molecule has 0 aromatic heterocycles. The Morgan fingerprint density at radius 1 is 1.05 bits per heavy atom. The van der Waals surface area contributed by atoms with Gasteiger partial charge in [0.2, 0.25) is 5.91 Å². The molecule has 2 aromatic rings. The molecule has 0 heterocycles. The van der Waals surface area contributed by atoms with E-state index in [2.05, 4.69) is 5.43 Å². The topological polar surface area (TPSA) is 73.6 Å². The molecule has 2 aromatic carbocycles. The monoisotopic (exact) mass is 286 g/mol. The maximum absolute atomic E-state index is 11.4. The Morgan fingerprint density at radius 3 is 2.29 bits per heavy atom. The molecule has 21 heavy (non-hydrogen) atoms. The van der Waals surface area contributed by atoms with Crippen molar-refractivity contribution in [2.45, 2.75) is 13.0 Å². The molecule has 110 valence electrons. The van der Waals surface area contributed by atoms with Crippen molar-refractivity contribution in [2.24, 2.45) is 5.84 Å². The van der Waals surface area contributed by atoms with Crippen LogP contribution in [0.15, 0.2) is 48.5 Å². The zero-order chi connectivity index (χ0) is 15.1. The van der Waals surface area contributed by atoms with E-state index in [-0.39, 0.29) is 12.3 Å². The van der Waals surface area contributed by atoms with Crippen LogP contribution in [0.4, 0.5) is 0 Å². The van der Waals surface area contributed by atoms with Crippen LogP contribution < -0.4 is 20.7 Å². The summed E-state index contributed by atoms with van der Waals surface area (Å²) in [6, 6.07) is 15.0. The van der Waals surface area contributed by atoms with E-state index in [1.165, 1.54) is 0 Å². The van der Waals surface area contributed by atoms with E-state index in [4.69, 9.17) is 15.3 Å². The second kappa shape index (κ2) is 7.31. The van der Waals surface area contributed by atoms with Crippen LogP contribution in [0.25, 0.3) is 0 Å². The third-order valence-electron chi connectivity index (χ3n) is 3.08. The van der Waals surface area contributed by atoms with Crippen LogP contribution in [0.5, 0.6) is 11.5 Å². The molecule has 1 amide bonds. The van der Waals surface area contributed by atoms with Gasteiger partial charge in [0.25, 0.3) is 0 Å². The van der Waals surface area contributed by atoms with Gasteiger partial charge in [0, 0.05) is 0 Å². The highest BCUT2D eigenvalue weighted by atomic mass is 16.5. The van der Waals surface area contributed by atoms with Gasteiger partial charge in [-0.05, 0) is 35.4 Å². The van der Waals surface area contributed by atoms with E-state index in [0.29, 0.717) is 6.61 Å². The Balaban J connectivity index is 2.03. The van der Waals surface area contributed by atoms with Crippen molar-refractivity contribution in [3.8, 4) is 11.5 Å². The van der Waals surface area contributed by atoms with Crippen molar-refractivity contribution in [1.82, 2.24) is 5.43 Å². The Kier molecular flexibility index (Phi) is 5.17. The molecule has 0 radical (unpaired) electrons. The van der Waals surface area contributed by atoms with Crippen molar-refractivity contribution in [3.63, 3.8) is 0 Å². The van der Waals surface area contributed by atoms with Gasteiger partial charge in [-0.15, -0.1) is 0 Å². The lowest BCUT2D eigenvalue weighted by Gasteiger charge is -2.11. The fourth-order valence-electron chi connectivity index (χ4n) is 1.93. The molecule has 0 atom stereocenters. The molecule has 3 N–H and O–H groups in total. The quantitative estimate of drug-likeness (QED) is 0.482. The minimum Gasteiger partial charge on any atom is -0.497 e. The summed E-state index contributed by atoms with van der Waals surface area (Å²) in [6.07, 6.45) is 0.235. The summed E-state index contributed by atoms with van der Waals surface area (Å²) in [5.41, 5.74) is 3.99. The van der Waals surface area contributed by atoms with E-state index in [9.17, 15) is 4.79 Å². The number of rotatable bonds is 6. The largest absolute Gasteiger partial charge is 0.497 e. The van der Waals surface area contributed by atoms with Crippen molar-refractivity contribution in [2.75, 3.05) is 7.11 Å². The smallest absolute Gasteiger partial charge is 0.238 e. The standard InChI is InChI=1S/C16H18N2O3/c1-20-14-6-8-15(9-7-14)21-11-13-5-3-2-4-12(13)10-16(19)18-17/h2-9H,10-11,17H2,1H3,(H,18,19). The van der Waals surface area contributed by atoms with Gasteiger partial charge in [0.15, 0.2) is 0 Å². The van der Waals surface area contributed by atoms with Crippen LogP contribution in [0.1, 0.15) is 11.1 Å². The molecule has 5 nitrogen and oxygen atoms in total. The summed E-state index contributed by atoms with van der Waals surface area (Å²) in [4.78, 5) is 11.4. The van der Waals surface area contributed by atoms with Gasteiger partial charge in [0.1, 0.15) is 18.1 Å². The summed E-state index contributed by atoms with van der Waals surface area (Å²) in [6.45, 7) is 0.389. The molecule has 0 saturated carbocycles. The maximum Gasteiger partial charge on any atom is 0.238 e. The maximum atomic E-state index is 11.4. The second-order valence-electron chi connectivity index (χ2n) is 4.48. The average molecular weight is 286 g/mol. The number of carbonyl (C=O) groups excluding carboxylic acids is 1. The van der Waals surface area contributed by atoms with Crippen molar-refractivity contribution in [1.29, 1.82) is 0 Å². The molecular formula is C16H18N2O3. The molecule has 2 rings (SSSR count). The Morgan fingerprint density at radius 2 is 1.67 bits per heavy atom. The second-order valence-corrected chi connectivity index (χ2v) is 4.48. The fourth-order valence-corrected chi connectivity index (χ4v) is 1.93. The van der Waals surface area contributed by atoms with Gasteiger partial charge >= 0.3 is 0 Å². The van der Waals surface area contributed by atoms with Gasteiger partial charge in [0.05, 0.1) is 13.5 Å². The lowest BCUT2D eigenvalue weighted by atomic mass is 10.1. The molecule has 0 aliphatic carbocycles. The minimum absolute atomic E-state index is 0.230. The van der Waals surface area contributed by atoms with Crippen LogP contribution in [-0.4, -0.2) is 13.0 Å². The molecule has 0 aliphatic heterocycles. The summed E-state index contributed by atoms with van der Waals surface area (Å²) in [5.74, 6) is 6.41. The molecule has 0 bridgehead atoms. The molecule has 0 spiro atoms. The third-order valence-corrected chi connectivity index (χ3v) is 3.08. The molecule has 0 unspecified atom stereocenters. The van der Waals surface area contributed by atoms with Gasteiger partial charge < -0.3 is 9.47 Å². The first kappa shape index (κ1) is 14.9. The SMILES string of the molecule is COc1ccc(OCc2ccccc2CC(=O)NN)cc1. The third kappa shape index (κ3) is 4.22. The minimum atomic E-state index is -0.230. The van der Waals surface area contributed by atoms with E-state index in [0.717, 1.165) is 22.6 Å². The highest BCUT2D eigenvalue weighted by Crippen LogP contribution is 2.19. The highest BCUT2D eigenvalue weighted by molar-refractivity contribution is 5.78. The lowest BCUT2D eigenvalue weighted by molar-refractivity contribution is -0.120. The Bertz CT molecular complexity index is 597. The zero-order valence-corrected chi connectivity index (χ0v) is 11.8. The number of hydrogen-bond donors (Lipinski definition) is 2. The summed E-state index contributed by atoms with van der Waals surface area (Å²) in [5, 5.41) is 0. The number of hydrogen-bond acceptors (Lipinski definition) is 4. The van der Waals surface area contributed by atoms with Crippen LogP contribution >= 0.6 is 0 Å². The zero-order valence-electron chi connectivity index (χ0n) is 11.8. The van der Waals surface area contributed by atoms with Crippen molar-refractivity contribution >= 4 is 5.91 Å². The van der Waals surface area contributed by atoms with Crippen molar-refractivity contribution in [3.05, 3.63) is 59.7 Å². The van der Waals surface area contributed by atoms with Gasteiger partial charge in [-0.3, -0.25) is 10.2 Å². The number of nitrogens with one attached hydrogen (secondary N) is 1. The van der Waals surface area contributed by atoms with Crippen LogP contribution in [0, 0.1) is 0 Å². The van der Waals surface area contributed by atoms with E-state index >= 15 is 0 Å². The van der Waals surface area contributed by atoms with Gasteiger partial charge in [-0.2, -0.15) is 0 Å². The number of benzene rings is 2. The van der Waals surface area contributed by atoms with Gasteiger partial charge in [-0.25, -0.2) is 5.84 Å². The number of carbonyl (C=O) groups is 1. The molecule has 0 saturated heterocycles. The number of hydrazine groups is 1. The fraction of sp³-hybridized carbons (Fsp3) is 0.188. The van der Waals surface area contributed by atoms with Crippen LogP contribution in [-0.2, 0) is 17.8 Å². The first-order valence-electron chi connectivity index (χ1n) is 6.56. The number of nitrogens with two attached hydrogens (primary N) is 1. The first-order valence-corrected chi connectivity index (χ1v) is 6.56. The number of methoxy groups -OCH3 is 1. The van der Waals surface area contributed by atoms with Crippen molar-refractivity contribution < 1.29 is 14.3 Å². The van der Waals surface area contributed by atoms with Crippen LogP contribution in [0.3, 0.4) is 0 Å². The lowest BCUT2D eigenvalue weighted by Crippen LogP contribution is -2.31. The predicted octanol–water partition coefficient (Wildman–Crippen LogP) is 1.81. The molecule has 5 heteroatoms. The summed E-state index contributed by atoms with van der Waals surface area (Å²) >= 11 is 0. The summed E-state index contributed by atoms with van der Waals surface area (Å²) in [7, 11) is 1.62. The Hall–Kier alpha value is -2.53. The summed E-state index contributed by atoms with van der Waals surface area (Å²) < 4.78 is 10.8. The van der Waals surface area contributed by atoms with Crippen LogP contribution in [0.2, 0.25) is 0 Å². The number of ether oxygens (including phenoxy) is 2. The van der Waals surface area contributed by atoms with E-state index in [1.54, 1.807) is 7.11 Å².